The van der Waals surface area contributed by atoms with Crippen molar-refractivity contribution in [2.75, 3.05) is 16.5 Å². The highest BCUT2D eigenvalue weighted by Crippen LogP contribution is 2.44. The lowest BCUT2D eigenvalue weighted by molar-refractivity contribution is -0.117. The normalized spacial score (nSPS) is 19.1. The SMILES string of the molecule is CSc1ccc(C2C3=C(CCCC3=O)Nc3ccccc3N2C(C)=O)cc1. The summed E-state index contributed by atoms with van der Waals surface area (Å²) < 4.78 is 0. The van der Waals surface area contributed by atoms with Gasteiger partial charge in [0.1, 0.15) is 0 Å². The average molecular weight is 378 g/mol. The third kappa shape index (κ3) is 3.16. The first-order valence-electron chi connectivity index (χ1n) is 9.16. The van der Waals surface area contributed by atoms with Crippen LogP contribution >= 0.6 is 11.8 Å². The molecule has 1 N–H and O–H groups in total. The number of rotatable bonds is 2. The molecule has 0 saturated heterocycles. The van der Waals surface area contributed by atoms with Gasteiger partial charge in [0.25, 0.3) is 0 Å². The number of carbonyl (C=O) groups is 2. The summed E-state index contributed by atoms with van der Waals surface area (Å²) in [6, 6.07) is 15.5. The number of amides is 1. The Hall–Kier alpha value is -2.53. The van der Waals surface area contributed by atoms with E-state index < -0.39 is 6.04 Å². The fourth-order valence-corrected chi connectivity index (χ4v) is 4.39. The molecule has 0 radical (unpaired) electrons. The van der Waals surface area contributed by atoms with Crippen LogP contribution in [0.5, 0.6) is 0 Å². The summed E-state index contributed by atoms with van der Waals surface area (Å²) >= 11 is 1.68. The van der Waals surface area contributed by atoms with E-state index in [0.717, 1.165) is 45.9 Å². The summed E-state index contributed by atoms with van der Waals surface area (Å²) in [5.41, 5.74) is 4.32. The summed E-state index contributed by atoms with van der Waals surface area (Å²) in [5, 5.41) is 3.46. The molecule has 4 nitrogen and oxygen atoms in total. The van der Waals surface area contributed by atoms with E-state index in [4.69, 9.17) is 0 Å². The number of allylic oxidation sites excluding steroid dienone is 1. The Labute approximate surface area is 163 Å². The molecular weight excluding hydrogens is 356 g/mol. The number of carbonyl (C=O) groups excluding carboxylic acids is 2. The van der Waals surface area contributed by atoms with Crippen LogP contribution < -0.4 is 10.2 Å². The van der Waals surface area contributed by atoms with E-state index in [1.807, 2.05) is 42.7 Å². The minimum Gasteiger partial charge on any atom is -0.357 e. The zero-order valence-corrected chi connectivity index (χ0v) is 16.3. The van der Waals surface area contributed by atoms with E-state index in [-0.39, 0.29) is 11.7 Å². The number of ketones is 1. The maximum atomic E-state index is 13.0. The Morgan fingerprint density at radius 1 is 1.11 bits per heavy atom. The van der Waals surface area contributed by atoms with Crippen molar-refractivity contribution < 1.29 is 9.59 Å². The number of hydrogen-bond donors (Lipinski definition) is 1. The van der Waals surface area contributed by atoms with Crippen LogP contribution in [0.3, 0.4) is 0 Å². The monoisotopic (exact) mass is 378 g/mol. The molecule has 5 heteroatoms. The standard InChI is InChI=1S/C22H22N2O2S/c1-14(25)24-19-8-4-3-6-17(19)23-18-7-5-9-20(26)21(18)22(24)15-10-12-16(27-2)13-11-15/h3-4,6,8,10-13,22-23H,5,7,9H2,1-2H3. The quantitative estimate of drug-likeness (QED) is 0.753. The highest BCUT2D eigenvalue weighted by molar-refractivity contribution is 7.98. The second-order valence-electron chi connectivity index (χ2n) is 6.88. The number of thioether (sulfide) groups is 1. The zero-order valence-electron chi connectivity index (χ0n) is 15.5. The lowest BCUT2D eigenvalue weighted by Gasteiger charge is -2.33. The molecule has 138 valence electrons. The van der Waals surface area contributed by atoms with Crippen molar-refractivity contribution in [3.63, 3.8) is 0 Å². The molecule has 27 heavy (non-hydrogen) atoms. The van der Waals surface area contributed by atoms with Crippen molar-refractivity contribution in [1.29, 1.82) is 0 Å². The molecule has 0 aromatic heterocycles. The Morgan fingerprint density at radius 3 is 2.56 bits per heavy atom. The van der Waals surface area contributed by atoms with Gasteiger partial charge in [-0.3, -0.25) is 14.5 Å². The smallest absolute Gasteiger partial charge is 0.224 e. The zero-order chi connectivity index (χ0) is 19.0. The van der Waals surface area contributed by atoms with Gasteiger partial charge in [0, 0.05) is 29.5 Å². The lowest BCUT2D eigenvalue weighted by Crippen LogP contribution is -2.36. The van der Waals surface area contributed by atoms with Crippen LogP contribution in [0.25, 0.3) is 0 Å². The van der Waals surface area contributed by atoms with Crippen molar-refractivity contribution in [3.05, 3.63) is 65.4 Å². The Balaban J connectivity index is 1.96. The molecule has 2 aromatic rings. The van der Waals surface area contributed by atoms with Crippen LogP contribution in [0.1, 0.15) is 37.8 Å². The van der Waals surface area contributed by atoms with Gasteiger partial charge in [0.2, 0.25) is 5.91 Å². The van der Waals surface area contributed by atoms with Gasteiger partial charge in [0.05, 0.1) is 17.4 Å². The van der Waals surface area contributed by atoms with E-state index in [1.54, 1.807) is 23.6 Å². The predicted octanol–water partition coefficient (Wildman–Crippen LogP) is 4.94. The fourth-order valence-electron chi connectivity index (χ4n) is 3.98. The van der Waals surface area contributed by atoms with Crippen molar-refractivity contribution in [2.45, 2.75) is 37.1 Å². The molecule has 1 aliphatic heterocycles. The molecule has 2 aromatic carbocycles. The highest BCUT2D eigenvalue weighted by atomic mass is 32.2. The first kappa shape index (κ1) is 17.9. The average Bonchev–Trinajstić information content (AvgIpc) is 2.83. The van der Waals surface area contributed by atoms with Crippen LogP contribution in [-0.2, 0) is 9.59 Å². The van der Waals surface area contributed by atoms with Gasteiger partial charge < -0.3 is 5.32 Å². The molecule has 2 aliphatic rings. The number of benzene rings is 2. The number of para-hydroxylation sites is 2. The Bertz CT molecular complexity index is 934. The van der Waals surface area contributed by atoms with Crippen molar-refractivity contribution in [3.8, 4) is 0 Å². The van der Waals surface area contributed by atoms with Gasteiger partial charge in [-0.15, -0.1) is 11.8 Å². The third-order valence-electron chi connectivity index (χ3n) is 5.21. The molecule has 1 amide bonds. The number of hydrogen-bond acceptors (Lipinski definition) is 4. The number of fused-ring (bicyclic) bond motifs is 1. The van der Waals surface area contributed by atoms with Crippen molar-refractivity contribution in [1.82, 2.24) is 0 Å². The minimum absolute atomic E-state index is 0.0738. The third-order valence-corrected chi connectivity index (χ3v) is 5.95. The first-order chi connectivity index (χ1) is 13.1. The second-order valence-corrected chi connectivity index (χ2v) is 7.76. The predicted molar refractivity (Wildman–Crippen MR) is 110 cm³/mol. The molecule has 1 aliphatic carbocycles. The van der Waals surface area contributed by atoms with Crippen LogP contribution in [0.4, 0.5) is 11.4 Å². The van der Waals surface area contributed by atoms with Crippen LogP contribution in [-0.4, -0.2) is 17.9 Å². The van der Waals surface area contributed by atoms with Gasteiger partial charge in [-0.2, -0.15) is 0 Å². The summed E-state index contributed by atoms with van der Waals surface area (Å²) in [4.78, 5) is 28.7. The number of anilines is 2. The molecule has 4 rings (SSSR count). The summed E-state index contributed by atoms with van der Waals surface area (Å²) in [7, 11) is 0. The maximum Gasteiger partial charge on any atom is 0.224 e. The van der Waals surface area contributed by atoms with Crippen LogP contribution in [0, 0.1) is 0 Å². The minimum atomic E-state index is -0.405. The highest BCUT2D eigenvalue weighted by Gasteiger charge is 2.38. The summed E-state index contributed by atoms with van der Waals surface area (Å²) in [6.07, 6.45) is 4.22. The molecule has 0 bridgehead atoms. The topological polar surface area (TPSA) is 49.4 Å². The van der Waals surface area contributed by atoms with Gasteiger partial charge in [-0.25, -0.2) is 0 Å². The van der Waals surface area contributed by atoms with E-state index in [1.165, 1.54) is 0 Å². The number of Topliss-reactive ketones (excluding diaryl/α,β-unsaturated/α-hetero) is 1. The molecular formula is C22H22N2O2S. The fraction of sp³-hybridized carbons (Fsp3) is 0.273. The first-order valence-corrected chi connectivity index (χ1v) is 10.4. The lowest BCUT2D eigenvalue weighted by atomic mass is 9.86. The Morgan fingerprint density at radius 2 is 1.85 bits per heavy atom. The second kappa shape index (κ2) is 7.24. The summed E-state index contributed by atoms with van der Waals surface area (Å²) in [6.45, 7) is 1.57. The van der Waals surface area contributed by atoms with E-state index in [2.05, 4.69) is 17.4 Å². The molecule has 1 unspecified atom stereocenters. The van der Waals surface area contributed by atoms with Crippen LogP contribution in [0.2, 0.25) is 0 Å². The summed E-state index contributed by atoms with van der Waals surface area (Å²) in [5.74, 6) is 0.0528. The van der Waals surface area contributed by atoms with Gasteiger partial charge in [0.15, 0.2) is 5.78 Å². The number of nitrogens with one attached hydrogen (secondary N) is 1. The van der Waals surface area contributed by atoms with Gasteiger partial charge >= 0.3 is 0 Å². The number of nitrogens with zero attached hydrogens (tertiary/aromatic N) is 1. The molecule has 1 atom stereocenters. The molecule has 0 spiro atoms. The van der Waals surface area contributed by atoms with Gasteiger partial charge in [-0.1, -0.05) is 24.3 Å². The van der Waals surface area contributed by atoms with Crippen molar-refractivity contribution >= 4 is 34.8 Å². The molecule has 0 fully saturated rings. The van der Waals surface area contributed by atoms with E-state index >= 15 is 0 Å². The maximum absolute atomic E-state index is 13.0. The van der Waals surface area contributed by atoms with E-state index in [0.29, 0.717) is 6.42 Å². The molecule has 1 heterocycles. The Kier molecular flexibility index (Phi) is 4.79. The largest absolute Gasteiger partial charge is 0.357 e. The van der Waals surface area contributed by atoms with Crippen molar-refractivity contribution in [2.24, 2.45) is 0 Å². The van der Waals surface area contributed by atoms with Gasteiger partial charge in [-0.05, 0) is 48.9 Å². The molecule has 0 saturated carbocycles. The van der Waals surface area contributed by atoms with Crippen LogP contribution in [0.15, 0.2) is 64.7 Å². The van der Waals surface area contributed by atoms with E-state index in [9.17, 15) is 9.59 Å².